The van der Waals surface area contributed by atoms with Crippen LogP contribution in [0.3, 0.4) is 0 Å². The van der Waals surface area contributed by atoms with Crippen molar-refractivity contribution in [2.24, 2.45) is 5.92 Å². The molecule has 1 aromatic rings. The molecule has 0 bridgehead atoms. The lowest BCUT2D eigenvalue weighted by Gasteiger charge is -2.07. The van der Waals surface area contributed by atoms with Gasteiger partial charge >= 0.3 is 0 Å². The van der Waals surface area contributed by atoms with Gasteiger partial charge in [-0.25, -0.2) is 0 Å². The van der Waals surface area contributed by atoms with Gasteiger partial charge in [-0.05, 0) is 24.0 Å². The molecule has 92 valence electrons. The monoisotopic (exact) mass is 271 g/mol. The van der Waals surface area contributed by atoms with Crippen molar-refractivity contribution < 1.29 is 4.79 Å². The number of benzene rings is 1. The molecule has 0 spiro atoms. The Morgan fingerprint density at radius 1 is 1.35 bits per heavy atom. The summed E-state index contributed by atoms with van der Waals surface area (Å²) in [5.74, 6) is 0.878. The Hall–Kier alpha value is -0.730. The van der Waals surface area contributed by atoms with Crippen molar-refractivity contribution in [1.82, 2.24) is 5.32 Å². The van der Waals surface area contributed by atoms with Gasteiger partial charge in [-0.15, -0.1) is 0 Å². The number of carbonyl (C=O) groups excluding carboxylic acids is 1. The molecule has 1 fully saturated rings. The Balaban J connectivity index is 1.79. The average molecular weight is 272 g/mol. The first-order chi connectivity index (χ1) is 8.16. The molecule has 1 aliphatic carbocycles. The molecule has 0 saturated heterocycles. The fourth-order valence-electron chi connectivity index (χ4n) is 1.71. The molecule has 1 aliphatic rings. The molecule has 1 N–H and O–H groups in total. The highest BCUT2D eigenvalue weighted by molar-refractivity contribution is 6.42. The van der Waals surface area contributed by atoms with Crippen LogP contribution in [0, 0.1) is 5.92 Å². The van der Waals surface area contributed by atoms with Crippen LogP contribution >= 0.6 is 23.2 Å². The van der Waals surface area contributed by atoms with Gasteiger partial charge in [-0.2, -0.15) is 0 Å². The van der Waals surface area contributed by atoms with Gasteiger partial charge in [-0.1, -0.05) is 48.2 Å². The maximum absolute atomic E-state index is 11.6. The van der Waals surface area contributed by atoms with Gasteiger partial charge in [0.2, 0.25) is 5.91 Å². The van der Waals surface area contributed by atoms with E-state index in [-0.39, 0.29) is 5.91 Å². The second-order valence-electron chi connectivity index (χ2n) is 4.47. The van der Waals surface area contributed by atoms with Crippen LogP contribution in [0.1, 0.15) is 31.2 Å². The van der Waals surface area contributed by atoms with Crippen molar-refractivity contribution in [3.63, 3.8) is 0 Å². The van der Waals surface area contributed by atoms with E-state index < -0.39 is 0 Å². The summed E-state index contributed by atoms with van der Waals surface area (Å²) in [7, 11) is 0. The van der Waals surface area contributed by atoms with Crippen molar-refractivity contribution in [2.75, 3.05) is 0 Å². The zero-order chi connectivity index (χ0) is 12.3. The molecule has 1 saturated carbocycles. The highest BCUT2D eigenvalue weighted by atomic mass is 35.5. The SMILES string of the molecule is O=C(CCC1CC1)NCc1cccc(Cl)c1Cl. The third-order valence-corrected chi connectivity index (χ3v) is 3.84. The third-order valence-electron chi connectivity index (χ3n) is 2.98. The van der Waals surface area contributed by atoms with Crippen molar-refractivity contribution in [1.29, 1.82) is 0 Å². The molecule has 1 amide bonds. The molecule has 0 radical (unpaired) electrons. The van der Waals surface area contributed by atoms with Gasteiger partial charge in [-0.3, -0.25) is 4.79 Å². The molecule has 0 aliphatic heterocycles. The van der Waals surface area contributed by atoms with Crippen LogP contribution in [0.5, 0.6) is 0 Å². The number of rotatable bonds is 5. The van der Waals surface area contributed by atoms with Crippen LogP contribution in [0.4, 0.5) is 0 Å². The number of hydrogen-bond acceptors (Lipinski definition) is 1. The van der Waals surface area contributed by atoms with Gasteiger partial charge in [0, 0.05) is 13.0 Å². The fourth-order valence-corrected chi connectivity index (χ4v) is 2.10. The van der Waals surface area contributed by atoms with Gasteiger partial charge < -0.3 is 5.32 Å². The summed E-state index contributed by atoms with van der Waals surface area (Å²) in [6, 6.07) is 5.44. The molecule has 17 heavy (non-hydrogen) atoms. The number of amides is 1. The summed E-state index contributed by atoms with van der Waals surface area (Å²) >= 11 is 11.9. The molecule has 1 aromatic carbocycles. The molecule has 0 unspecified atom stereocenters. The second kappa shape index (κ2) is 5.74. The minimum Gasteiger partial charge on any atom is -0.352 e. The molecule has 2 rings (SSSR count). The zero-order valence-corrected chi connectivity index (χ0v) is 11.0. The molecule has 0 heterocycles. The smallest absolute Gasteiger partial charge is 0.220 e. The Bertz CT molecular complexity index is 416. The van der Waals surface area contributed by atoms with E-state index in [2.05, 4.69) is 5.32 Å². The number of halogens is 2. The summed E-state index contributed by atoms with van der Waals surface area (Å²) in [5.41, 5.74) is 0.860. The van der Waals surface area contributed by atoms with Gasteiger partial charge in [0.05, 0.1) is 10.0 Å². The first-order valence-corrected chi connectivity index (χ1v) is 6.62. The van der Waals surface area contributed by atoms with E-state index in [1.165, 1.54) is 12.8 Å². The topological polar surface area (TPSA) is 29.1 Å². The number of hydrogen-bond donors (Lipinski definition) is 1. The van der Waals surface area contributed by atoms with E-state index in [9.17, 15) is 4.79 Å². The molecular formula is C13H15Cl2NO. The lowest BCUT2D eigenvalue weighted by atomic mass is 10.2. The van der Waals surface area contributed by atoms with Crippen LogP contribution in [-0.2, 0) is 11.3 Å². The minimum absolute atomic E-state index is 0.0907. The first-order valence-electron chi connectivity index (χ1n) is 5.86. The minimum atomic E-state index is 0.0907. The number of nitrogens with one attached hydrogen (secondary N) is 1. The molecule has 0 aromatic heterocycles. The van der Waals surface area contributed by atoms with Crippen LogP contribution in [0.15, 0.2) is 18.2 Å². The molecule has 2 nitrogen and oxygen atoms in total. The van der Waals surface area contributed by atoms with E-state index in [1.54, 1.807) is 6.07 Å². The normalized spacial score (nSPS) is 14.7. The largest absolute Gasteiger partial charge is 0.352 e. The Labute approximate surface area is 111 Å². The van der Waals surface area contributed by atoms with Gasteiger partial charge in [0.25, 0.3) is 0 Å². The van der Waals surface area contributed by atoms with E-state index >= 15 is 0 Å². The maximum Gasteiger partial charge on any atom is 0.220 e. The maximum atomic E-state index is 11.6. The van der Waals surface area contributed by atoms with Crippen molar-refractivity contribution >= 4 is 29.1 Å². The fraction of sp³-hybridized carbons (Fsp3) is 0.462. The summed E-state index contributed by atoms with van der Waals surface area (Å²) in [6.45, 7) is 0.447. The van der Waals surface area contributed by atoms with Crippen molar-refractivity contribution in [3.8, 4) is 0 Å². The van der Waals surface area contributed by atoms with Crippen molar-refractivity contribution in [2.45, 2.75) is 32.2 Å². The van der Waals surface area contributed by atoms with Crippen LogP contribution < -0.4 is 5.32 Å². The van der Waals surface area contributed by atoms with Gasteiger partial charge in [0.1, 0.15) is 0 Å². The Morgan fingerprint density at radius 3 is 2.82 bits per heavy atom. The summed E-state index contributed by atoms with van der Waals surface area (Å²) in [4.78, 5) is 11.6. The average Bonchev–Trinajstić information content (AvgIpc) is 3.12. The van der Waals surface area contributed by atoms with E-state index in [0.29, 0.717) is 23.0 Å². The van der Waals surface area contributed by atoms with Crippen molar-refractivity contribution in [3.05, 3.63) is 33.8 Å². The lowest BCUT2D eigenvalue weighted by molar-refractivity contribution is -0.121. The number of carbonyl (C=O) groups is 1. The van der Waals surface area contributed by atoms with Gasteiger partial charge in [0.15, 0.2) is 0 Å². The quantitative estimate of drug-likeness (QED) is 0.867. The van der Waals surface area contributed by atoms with Crippen LogP contribution in [0.2, 0.25) is 10.0 Å². The lowest BCUT2D eigenvalue weighted by Crippen LogP contribution is -2.22. The molecule has 4 heteroatoms. The van der Waals surface area contributed by atoms with E-state index in [4.69, 9.17) is 23.2 Å². The van der Waals surface area contributed by atoms with Crippen LogP contribution in [-0.4, -0.2) is 5.91 Å². The van der Waals surface area contributed by atoms with Crippen LogP contribution in [0.25, 0.3) is 0 Å². The highest BCUT2D eigenvalue weighted by Gasteiger charge is 2.21. The highest BCUT2D eigenvalue weighted by Crippen LogP contribution is 2.33. The third kappa shape index (κ3) is 3.90. The van der Waals surface area contributed by atoms with E-state index in [1.807, 2.05) is 12.1 Å². The predicted octanol–water partition coefficient (Wildman–Crippen LogP) is 3.80. The Morgan fingerprint density at radius 2 is 2.12 bits per heavy atom. The summed E-state index contributed by atoms with van der Waals surface area (Å²) in [5, 5.41) is 3.92. The first kappa shape index (κ1) is 12.7. The molecular weight excluding hydrogens is 257 g/mol. The predicted molar refractivity (Wildman–Crippen MR) is 70.3 cm³/mol. The molecule has 0 atom stereocenters. The van der Waals surface area contributed by atoms with E-state index in [0.717, 1.165) is 17.9 Å². The standard InChI is InChI=1S/C13H15Cl2NO/c14-11-3-1-2-10(13(11)15)8-16-12(17)7-6-9-4-5-9/h1-3,9H,4-8H2,(H,16,17). The second-order valence-corrected chi connectivity index (χ2v) is 5.26. The summed E-state index contributed by atoms with van der Waals surface area (Å²) in [6.07, 6.45) is 4.19. The Kier molecular flexibility index (Phi) is 4.30. The zero-order valence-electron chi connectivity index (χ0n) is 9.51. The summed E-state index contributed by atoms with van der Waals surface area (Å²) < 4.78 is 0.